The number of aliphatic hydroxyl groups is 1. The van der Waals surface area contributed by atoms with Gasteiger partial charge in [0.1, 0.15) is 0 Å². The maximum atomic E-state index is 12.9. The Morgan fingerprint density at radius 2 is 1.89 bits per heavy atom. The summed E-state index contributed by atoms with van der Waals surface area (Å²) in [5, 5.41) is 9.19. The summed E-state index contributed by atoms with van der Waals surface area (Å²) in [5.41, 5.74) is 4.05. The molecule has 1 rings (SSSR count). The molecule has 102 valence electrons. The van der Waals surface area contributed by atoms with E-state index in [0.717, 1.165) is 6.07 Å². The normalized spacial score (nSPS) is 14.7. The first-order valence-corrected chi connectivity index (χ1v) is 5.70. The molecule has 1 aromatic carbocycles. The number of alkyl halides is 3. The van der Waals surface area contributed by atoms with E-state index in [0.29, 0.717) is 0 Å². The van der Waals surface area contributed by atoms with E-state index in [1.54, 1.807) is 13.8 Å². The Bertz CT molecular complexity index is 432. The summed E-state index contributed by atoms with van der Waals surface area (Å²) in [6.45, 7) is 2.90. The average molecular weight is 282 g/mol. The predicted octanol–water partition coefficient (Wildman–Crippen LogP) is 3.38. The van der Waals surface area contributed by atoms with Crippen LogP contribution in [0.25, 0.3) is 0 Å². The summed E-state index contributed by atoms with van der Waals surface area (Å²) in [7, 11) is 0. The van der Waals surface area contributed by atoms with Crippen LogP contribution in [-0.4, -0.2) is 11.7 Å². The van der Waals surface area contributed by atoms with E-state index >= 15 is 0 Å². The molecule has 0 fully saturated rings. The van der Waals surface area contributed by atoms with Gasteiger partial charge in [-0.15, -0.1) is 0 Å². The summed E-state index contributed by atoms with van der Waals surface area (Å²) < 4.78 is 38.7. The molecule has 0 spiro atoms. The quantitative estimate of drug-likeness (QED) is 0.892. The fraction of sp³-hybridized carbons (Fsp3) is 0.500. The summed E-state index contributed by atoms with van der Waals surface area (Å²) >= 11 is 5.59. The molecule has 0 saturated carbocycles. The van der Waals surface area contributed by atoms with Gasteiger partial charge < -0.3 is 10.8 Å². The number of halogens is 4. The minimum absolute atomic E-state index is 0.0000737. The van der Waals surface area contributed by atoms with Crippen molar-refractivity contribution in [3.05, 3.63) is 34.3 Å². The summed E-state index contributed by atoms with van der Waals surface area (Å²) in [5.74, 6) is 0. The Morgan fingerprint density at radius 1 is 1.33 bits per heavy atom. The molecule has 6 heteroatoms. The van der Waals surface area contributed by atoms with Crippen LogP contribution in [0.3, 0.4) is 0 Å². The zero-order valence-electron chi connectivity index (χ0n) is 10.1. The first kappa shape index (κ1) is 15.3. The molecule has 0 radical (unpaired) electrons. The smallest absolute Gasteiger partial charge is 0.396 e. The summed E-state index contributed by atoms with van der Waals surface area (Å²) in [6, 6.07) is 2.54. The molecular weight excluding hydrogens is 267 g/mol. The third-order valence-electron chi connectivity index (χ3n) is 2.91. The fourth-order valence-corrected chi connectivity index (χ4v) is 1.74. The first-order valence-electron chi connectivity index (χ1n) is 5.32. The second kappa shape index (κ2) is 5.07. The zero-order chi connectivity index (χ0) is 14.1. The molecule has 0 heterocycles. The molecule has 0 saturated heterocycles. The van der Waals surface area contributed by atoms with Crippen molar-refractivity contribution in [2.75, 3.05) is 6.61 Å². The predicted molar refractivity (Wildman–Crippen MR) is 64.2 cm³/mol. The van der Waals surface area contributed by atoms with Gasteiger partial charge in [-0.3, -0.25) is 0 Å². The molecule has 0 aliphatic carbocycles. The second-order valence-corrected chi connectivity index (χ2v) is 5.29. The number of rotatable bonds is 3. The van der Waals surface area contributed by atoms with E-state index in [4.69, 9.17) is 17.3 Å². The molecule has 0 aliphatic heterocycles. The lowest BCUT2D eigenvalue weighted by Crippen LogP contribution is -2.34. The Hall–Kier alpha value is -0.780. The van der Waals surface area contributed by atoms with Gasteiger partial charge in [0.25, 0.3) is 0 Å². The number of aliphatic hydroxyl groups excluding tert-OH is 1. The number of benzene rings is 1. The van der Waals surface area contributed by atoms with Gasteiger partial charge in [-0.05, 0) is 17.7 Å². The minimum atomic E-state index is -4.52. The van der Waals surface area contributed by atoms with Gasteiger partial charge in [0.05, 0.1) is 5.56 Å². The highest BCUT2D eigenvalue weighted by Gasteiger charge is 2.38. The van der Waals surface area contributed by atoms with Crippen LogP contribution < -0.4 is 5.73 Å². The van der Waals surface area contributed by atoms with Crippen LogP contribution in [0, 0.1) is 5.41 Å². The highest BCUT2D eigenvalue weighted by atomic mass is 35.5. The maximum Gasteiger partial charge on any atom is 0.416 e. The molecular formula is C12H15ClF3NO. The van der Waals surface area contributed by atoms with Gasteiger partial charge in [-0.2, -0.15) is 13.2 Å². The molecule has 2 nitrogen and oxygen atoms in total. The van der Waals surface area contributed by atoms with Crippen molar-refractivity contribution in [2.24, 2.45) is 11.1 Å². The van der Waals surface area contributed by atoms with Crippen molar-refractivity contribution in [3.8, 4) is 0 Å². The van der Waals surface area contributed by atoms with Crippen LogP contribution in [0.15, 0.2) is 18.2 Å². The van der Waals surface area contributed by atoms with E-state index in [2.05, 4.69) is 0 Å². The third kappa shape index (κ3) is 3.16. The van der Waals surface area contributed by atoms with E-state index in [1.807, 2.05) is 0 Å². The van der Waals surface area contributed by atoms with Crippen LogP contribution in [0.1, 0.15) is 31.0 Å². The van der Waals surface area contributed by atoms with E-state index in [9.17, 15) is 18.3 Å². The highest BCUT2D eigenvalue weighted by molar-refractivity contribution is 6.30. The summed E-state index contributed by atoms with van der Waals surface area (Å²) in [6.07, 6.45) is -4.52. The van der Waals surface area contributed by atoms with Gasteiger partial charge in [0.15, 0.2) is 0 Å². The van der Waals surface area contributed by atoms with Gasteiger partial charge in [-0.25, -0.2) is 0 Å². The van der Waals surface area contributed by atoms with Crippen LogP contribution in [0.5, 0.6) is 0 Å². The lowest BCUT2D eigenvalue weighted by atomic mass is 9.80. The van der Waals surface area contributed by atoms with Crippen LogP contribution in [-0.2, 0) is 6.18 Å². The third-order valence-corrected chi connectivity index (χ3v) is 3.14. The summed E-state index contributed by atoms with van der Waals surface area (Å²) in [4.78, 5) is 0. The Balaban J connectivity index is 3.33. The number of hydrogen-bond donors (Lipinski definition) is 2. The Kier molecular flexibility index (Phi) is 4.30. The van der Waals surface area contributed by atoms with E-state index in [1.165, 1.54) is 12.1 Å². The van der Waals surface area contributed by atoms with Gasteiger partial charge >= 0.3 is 6.18 Å². The van der Waals surface area contributed by atoms with Crippen molar-refractivity contribution in [2.45, 2.75) is 26.1 Å². The van der Waals surface area contributed by atoms with Crippen molar-refractivity contribution in [3.63, 3.8) is 0 Å². The highest BCUT2D eigenvalue weighted by Crippen LogP contribution is 2.40. The minimum Gasteiger partial charge on any atom is -0.396 e. The van der Waals surface area contributed by atoms with Crippen molar-refractivity contribution < 1.29 is 18.3 Å². The second-order valence-electron chi connectivity index (χ2n) is 4.85. The molecule has 0 aliphatic rings. The molecule has 18 heavy (non-hydrogen) atoms. The Morgan fingerprint density at radius 3 is 2.33 bits per heavy atom. The molecule has 0 unspecified atom stereocenters. The SMILES string of the molecule is CC(C)(CO)[C@H](N)c1ccc(Cl)cc1C(F)(F)F. The number of hydrogen-bond acceptors (Lipinski definition) is 2. The van der Waals surface area contributed by atoms with Crippen LogP contribution in [0.4, 0.5) is 13.2 Å². The largest absolute Gasteiger partial charge is 0.416 e. The maximum absolute atomic E-state index is 12.9. The van der Waals surface area contributed by atoms with Crippen molar-refractivity contribution in [1.82, 2.24) is 0 Å². The Labute approximate surface area is 109 Å². The van der Waals surface area contributed by atoms with Crippen molar-refractivity contribution >= 4 is 11.6 Å². The van der Waals surface area contributed by atoms with Crippen LogP contribution in [0.2, 0.25) is 5.02 Å². The fourth-order valence-electron chi connectivity index (χ4n) is 1.56. The lowest BCUT2D eigenvalue weighted by molar-refractivity contribution is -0.138. The zero-order valence-corrected chi connectivity index (χ0v) is 10.8. The lowest BCUT2D eigenvalue weighted by Gasteiger charge is -2.31. The molecule has 3 N–H and O–H groups in total. The molecule has 1 aromatic rings. The molecule has 0 amide bonds. The standard InChI is InChI=1S/C12H15ClF3NO/c1-11(2,6-18)10(17)8-4-3-7(13)5-9(8)12(14,15)16/h3-5,10,18H,6,17H2,1-2H3/t10-/m1/s1. The monoisotopic (exact) mass is 281 g/mol. The van der Waals surface area contributed by atoms with Gasteiger partial charge in [0, 0.05) is 23.1 Å². The molecule has 1 atom stereocenters. The molecule has 0 bridgehead atoms. The van der Waals surface area contributed by atoms with Gasteiger partial charge in [-0.1, -0.05) is 31.5 Å². The van der Waals surface area contributed by atoms with E-state index < -0.39 is 23.2 Å². The topological polar surface area (TPSA) is 46.2 Å². The van der Waals surface area contributed by atoms with Crippen LogP contribution >= 0.6 is 11.6 Å². The van der Waals surface area contributed by atoms with Crippen molar-refractivity contribution in [1.29, 1.82) is 0 Å². The van der Waals surface area contributed by atoms with Gasteiger partial charge in [0.2, 0.25) is 0 Å². The average Bonchev–Trinajstić information content (AvgIpc) is 2.27. The number of nitrogens with two attached hydrogens (primary N) is 1. The first-order chi connectivity index (χ1) is 8.09. The molecule has 0 aromatic heterocycles. The van der Waals surface area contributed by atoms with E-state index in [-0.39, 0.29) is 17.2 Å².